The number of aromatic nitrogens is 2. The molecule has 2 aliphatic heterocycles. The highest BCUT2D eigenvalue weighted by Crippen LogP contribution is 2.39. The van der Waals surface area contributed by atoms with E-state index in [-0.39, 0.29) is 25.1 Å². The van der Waals surface area contributed by atoms with Crippen LogP contribution in [0, 0.1) is 0 Å². The molecule has 0 aromatic carbocycles. The highest BCUT2D eigenvalue weighted by Gasteiger charge is 2.40. The monoisotopic (exact) mass is 366 g/mol. The van der Waals surface area contributed by atoms with E-state index in [9.17, 15) is 9.59 Å². The van der Waals surface area contributed by atoms with Gasteiger partial charge in [0.1, 0.15) is 11.5 Å². The van der Waals surface area contributed by atoms with Gasteiger partial charge in [0, 0.05) is 27.3 Å². The lowest BCUT2D eigenvalue weighted by Crippen LogP contribution is -2.48. The maximum Gasteiger partial charge on any atom is 0.329 e. The third-order valence-electron chi connectivity index (χ3n) is 4.71. The van der Waals surface area contributed by atoms with Crippen LogP contribution in [0.1, 0.15) is 18.3 Å². The van der Waals surface area contributed by atoms with Crippen LogP contribution in [0.5, 0.6) is 0 Å². The first-order chi connectivity index (χ1) is 13.2. The smallest absolute Gasteiger partial charge is 0.329 e. The van der Waals surface area contributed by atoms with E-state index in [1.807, 2.05) is 12.1 Å². The summed E-state index contributed by atoms with van der Waals surface area (Å²) >= 11 is 0. The van der Waals surface area contributed by atoms with Gasteiger partial charge in [-0.05, 0) is 30.7 Å². The number of pyridine rings is 2. The lowest BCUT2D eigenvalue weighted by atomic mass is 10.1. The van der Waals surface area contributed by atoms with Gasteiger partial charge in [-0.2, -0.15) is 0 Å². The molecule has 2 aromatic heterocycles. The summed E-state index contributed by atoms with van der Waals surface area (Å²) in [6, 6.07) is 8.59. The van der Waals surface area contributed by atoms with Gasteiger partial charge in [0.2, 0.25) is 0 Å². The van der Waals surface area contributed by atoms with Crippen molar-refractivity contribution < 1.29 is 11.0 Å². The summed E-state index contributed by atoms with van der Waals surface area (Å²) < 4.78 is 0. The largest absolute Gasteiger partial charge is 0.366 e. The summed E-state index contributed by atoms with van der Waals surface area (Å²) in [5, 5.41) is 5.54. The number of hydrogen-bond acceptors (Lipinski definition) is 5. The molecule has 1 fully saturated rings. The lowest BCUT2D eigenvalue weighted by Gasteiger charge is -2.35. The third-order valence-corrected chi connectivity index (χ3v) is 4.71. The highest BCUT2D eigenvalue weighted by atomic mass is 16.2. The predicted molar refractivity (Wildman–Crippen MR) is 105 cm³/mol. The zero-order chi connectivity index (χ0) is 18.8. The molecule has 0 radical (unpaired) electrons. The van der Waals surface area contributed by atoms with Crippen molar-refractivity contribution >= 4 is 29.3 Å². The Kier molecular flexibility index (Phi) is 4.45. The average molecular weight is 366 g/mol. The molecule has 0 aliphatic carbocycles. The minimum absolute atomic E-state index is 0. The number of urea groups is 1. The summed E-state index contributed by atoms with van der Waals surface area (Å²) in [6.07, 6.45) is 4.08. The first-order valence-electron chi connectivity index (χ1n) is 8.83. The fourth-order valence-electron chi connectivity index (χ4n) is 3.46. The molecule has 4 heterocycles. The van der Waals surface area contributed by atoms with Gasteiger partial charge in [0.25, 0.3) is 5.91 Å². The van der Waals surface area contributed by atoms with Crippen LogP contribution in [-0.2, 0) is 0 Å². The maximum absolute atomic E-state index is 13.0. The van der Waals surface area contributed by atoms with Crippen LogP contribution in [-0.4, -0.2) is 47.6 Å². The number of nitrogens with zero attached hydrogens (tertiary/aromatic N) is 4. The van der Waals surface area contributed by atoms with Crippen LogP contribution >= 0.6 is 0 Å². The molecule has 0 saturated carbocycles. The van der Waals surface area contributed by atoms with Crippen molar-refractivity contribution in [2.75, 3.05) is 34.8 Å². The van der Waals surface area contributed by atoms with Crippen LogP contribution in [0.3, 0.4) is 0 Å². The quantitative estimate of drug-likeness (QED) is 0.810. The zero-order valence-corrected chi connectivity index (χ0v) is 14.8. The van der Waals surface area contributed by atoms with Gasteiger partial charge in [-0.1, -0.05) is 12.1 Å². The molecule has 27 heavy (non-hydrogen) atoms. The number of anilines is 3. The number of carbonyl (C=O) groups excluding carboxylic acids is 2. The molecular weight excluding hydrogens is 344 g/mol. The third kappa shape index (κ3) is 3.21. The van der Waals surface area contributed by atoms with Gasteiger partial charge in [-0.15, -0.1) is 6.58 Å². The predicted octanol–water partition coefficient (Wildman–Crippen LogP) is 2.27. The number of amides is 3. The van der Waals surface area contributed by atoms with E-state index in [2.05, 4.69) is 32.1 Å². The van der Waals surface area contributed by atoms with E-state index in [1.165, 1.54) is 0 Å². The standard InChI is InChI=1S/C19H20N6O2.H2/c1-2-9-21-18(26)14-6-7-15-17(22-14)25(13-8-11-24(15)12-13)19(27)23-16-5-3-4-10-20-16;/h2-7,10,13H,1,8-9,11-12H2,(H,21,26)(H,20,23,27);1H. The number of fused-ring (bicyclic) bond motifs is 4. The number of carbonyl (C=O) groups is 2. The van der Waals surface area contributed by atoms with Crippen molar-refractivity contribution in [3.63, 3.8) is 0 Å². The molecule has 1 saturated heterocycles. The van der Waals surface area contributed by atoms with Gasteiger partial charge in [-0.3, -0.25) is 15.0 Å². The molecule has 1 atom stereocenters. The molecule has 3 amide bonds. The maximum atomic E-state index is 13.0. The first-order valence-corrected chi connectivity index (χ1v) is 8.83. The second-order valence-electron chi connectivity index (χ2n) is 6.44. The zero-order valence-electron chi connectivity index (χ0n) is 14.8. The Morgan fingerprint density at radius 2 is 2.22 bits per heavy atom. The summed E-state index contributed by atoms with van der Waals surface area (Å²) in [6.45, 7) is 5.56. The SMILES string of the molecule is C=CCNC(=O)c1ccc2c(n1)N(C(=O)Nc1ccccn1)C1CCN2C1.[HH]. The summed E-state index contributed by atoms with van der Waals surface area (Å²) in [7, 11) is 0. The lowest BCUT2D eigenvalue weighted by molar-refractivity contribution is 0.0953. The van der Waals surface area contributed by atoms with Crippen molar-refractivity contribution in [2.45, 2.75) is 12.5 Å². The Labute approximate surface area is 158 Å². The van der Waals surface area contributed by atoms with Crippen molar-refractivity contribution in [3.05, 3.63) is 54.9 Å². The van der Waals surface area contributed by atoms with E-state index < -0.39 is 0 Å². The minimum Gasteiger partial charge on any atom is -0.366 e. The highest BCUT2D eigenvalue weighted by molar-refractivity contribution is 6.05. The van der Waals surface area contributed by atoms with Gasteiger partial charge in [0.05, 0.1) is 11.7 Å². The van der Waals surface area contributed by atoms with Gasteiger partial charge >= 0.3 is 6.03 Å². The number of hydrogen-bond donors (Lipinski definition) is 2. The van der Waals surface area contributed by atoms with Crippen molar-refractivity contribution in [2.24, 2.45) is 0 Å². The topological polar surface area (TPSA) is 90.5 Å². The van der Waals surface area contributed by atoms with E-state index in [0.29, 0.717) is 18.2 Å². The Morgan fingerprint density at radius 3 is 3.00 bits per heavy atom. The van der Waals surface area contributed by atoms with E-state index in [4.69, 9.17) is 0 Å². The normalized spacial score (nSPS) is 17.3. The molecule has 8 nitrogen and oxygen atoms in total. The fourth-order valence-corrected chi connectivity index (χ4v) is 3.46. The van der Waals surface area contributed by atoms with Crippen molar-refractivity contribution in [1.29, 1.82) is 0 Å². The van der Waals surface area contributed by atoms with Gasteiger partial charge < -0.3 is 10.2 Å². The van der Waals surface area contributed by atoms with Crippen molar-refractivity contribution in [1.82, 2.24) is 15.3 Å². The van der Waals surface area contributed by atoms with Gasteiger partial charge in [-0.25, -0.2) is 14.8 Å². The summed E-state index contributed by atoms with van der Waals surface area (Å²) in [5.41, 5.74) is 1.13. The van der Waals surface area contributed by atoms with E-state index in [0.717, 1.165) is 25.2 Å². The molecule has 2 bridgehead atoms. The second-order valence-corrected chi connectivity index (χ2v) is 6.44. The number of rotatable bonds is 4. The average Bonchev–Trinajstić information content (AvgIpc) is 3.11. The molecule has 2 N–H and O–H groups in total. The molecule has 1 unspecified atom stereocenters. The summed E-state index contributed by atoms with van der Waals surface area (Å²) in [4.78, 5) is 37.7. The van der Waals surface area contributed by atoms with Crippen LogP contribution in [0.4, 0.5) is 22.1 Å². The molecule has 2 aromatic rings. The van der Waals surface area contributed by atoms with Crippen LogP contribution in [0.25, 0.3) is 0 Å². The molecule has 0 spiro atoms. The fraction of sp³-hybridized carbons (Fsp3) is 0.263. The van der Waals surface area contributed by atoms with Crippen LogP contribution < -0.4 is 20.4 Å². The molecule has 2 aliphatic rings. The van der Waals surface area contributed by atoms with Gasteiger partial charge in [0.15, 0.2) is 5.82 Å². The Morgan fingerprint density at radius 1 is 1.33 bits per heavy atom. The van der Waals surface area contributed by atoms with Crippen LogP contribution in [0.2, 0.25) is 0 Å². The first kappa shape index (κ1) is 17.0. The Hall–Kier alpha value is -3.42. The minimum atomic E-state index is -0.296. The Bertz CT molecular complexity index is 891. The molecular formula is C19H22N6O2. The van der Waals surface area contributed by atoms with Crippen molar-refractivity contribution in [3.8, 4) is 0 Å². The van der Waals surface area contributed by atoms with E-state index >= 15 is 0 Å². The van der Waals surface area contributed by atoms with Crippen LogP contribution in [0.15, 0.2) is 49.2 Å². The summed E-state index contributed by atoms with van der Waals surface area (Å²) in [5.74, 6) is 0.684. The number of nitrogens with one attached hydrogen (secondary N) is 2. The molecule has 4 rings (SSSR count). The Balaban J connectivity index is 0.00000225. The van der Waals surface area contributed by atoms with E-state index in [1.54, 1.807) is 35.4 Å². The molecule has 140 valence electrons. The molecule has 8 heteroatoms. The second kappa shape index (κ2) is 7.06.